The smallest absolute Gasteiger partial charge is 0.248 e. The van der Waals surface area contributed by atoms with Crippen LogP contribution in [0.2, 0.25) is 5.02 Å². The minimum Gasteiger partial charge on any atom is -0.495 e. The summed E-state index contributed by atoms with van der Waals surface area (Å²) in [5.41, 5.74) is 1.40. The largest absolute Gasteiger partial charge is 0.495 e. The van der Waals surface area contributed by atoms with E-state index in [1.807, 2.05) is 24.3 Å². The van der Waals surface area contributed by atoms with Crippen molar-refractivity contribution >= 4 is 29.3 Å². The average molecular weight is 344 g/mol. The van der Waals surface area contributed by atoms with Crippen molar-refractivity contribution in [1.29, 1.82) is 0 Å². The van der Waals surface area contributed by atoms with Crippen LogP contribution >= 0.6 is 11.6 Å². The third-order valence-electron chi connectivity index (χ3n) is 3.09. The Morgan fingerprint density at radius 3 is 2.67 bits per heavy atom. The summed E-state index contributed by atoms with van der Waals surface area (Å²) < 4.78 is 10.6. The van der Waals surface area contributed by atoms with E-state index in [4.69, 9.17) is 21.1 Å². The molecule has 0 aliphatic rings. The maximum atomic E-state index is 12.0. The first kappa shape index (κ1) is 17.6. The molecule has 0 radical (unpaired) electrons. The highest BCUT2D eigenvalue weighted by atomic mass is 35.5. The van der Waals surface area contributed by atoms with Crippen LogP contribution in [-0.2, 0) is 4.79 Å². The Hall–Kier alpha value is -2.72. The molecule has 0 aliphatic carbocycles. The van der Waals surface area contributed by atoms with Crippen molar-refractivity contribution in [2.24, 2.45) is 0 Å². The third kappa shape index (κ3) is 5.18. The molecule has 0 fully saturated rings. The Morgan fingerprint density at radius 1 is 1.25 bits per heavy atom. The van der Waals surface area contributed by atoms with E-state index in [-0.39, 0.29) is 5.91 Å². The van der Waals surface area contributed by atoms with Gasteiger partial charge in [0.05, 0.1) is 12.8 Å². The van der Waals surface area contributed by atoms with Crippen molar-refractivity contribution in [3.8, 4) is 11.5 Å². The molecule has 0 saturated heterocycles. The second-order valence-electron chi connectivity index (χ2n) is 4.84. The lowest BCUT2D eigenvalue weighted by Crippen LogP contribution is -2.08. The summed E-state index contributed by atoms with van der Waals surface area (Å²) in [7, 11) is 1.53. The summed E-state index contributed by atoms with van der Waals surface area (Å²) in [5.74, 6) is 1.02. The zero-order chi connectivity index (χ0) is 17.4. The zero-order valence-corrected chi connectivity index (χ0v) is 14.0. The minimum absolute atomic E-state index is 0.275. The molecule has 24 heavy (non-hydrogen) atoms. The predicted molar refractivity (Wildman–Crippen MR) is 97.8 cm³/mol. The fraction of sp³-hybridized carbons (Fsp3) is 0.105. The van der Waals surface area contributed by atoms with Crippen molar-refractivity contribution in [3.05, 3.63) is 71.8 Å². The maximum absolute atomic E-state index is 12.0. The molecular weight excluding hydrogens is 326 g/mol. The second kappa shape index (κ2) is 8.79. The van der Waals surface area contributed by atoms with Gasteiger partial charge < -0.3 is 14.8 Å². The topological polar surface area (TPSA) is 47.6 Å². The molecule has 0 saturated carbocycles. The van der Waals surface area contributed by atoms with Gasteiger partial charge in [-0.15, -0.1) is 0 Å². The molecule has 0 unspecified atom stereocenters. The van der Waals surface area contributed by atoms with Gasteiger partial charge in [-0.3, -0.25) is 4.79 Å². The number of hydrogen-bond acceptors (Lipinski definition) is 3. The van der Waals surface area contributed by atoms with Gasteiger partial charge in [0.25, 0.3) is 0 Å². The van der Waals surface area contributed by atoms with Crippen LogP contribution in [0, 0.1) is 0 Å². The number of methoxy groups -OCH3 is 1. The van der Waals surface area contributed by atoms with Gasteiger partial charge in [-0.2, -0.15) is 0 Å². The lowest BCUT2D eigenvalue weighted by Gasteiger charge is -2.09. The molecule has 0 atom stereocenters. The molecule has 1 N–H and O–H groups in total. The zero-order valence-electron chi connectivity index (χ0n) is 13.3. The molecule has 2 aromatic carbocycles. The summed E-state index contributed by atoms with van der Waals surface area (Å²) in [4.78, 5) is 12.0. The SMILES string of the molecule is C=CCOc1ccc(/C=C/C(=O)Nc2cc(Cl)ccc2OC)cc1. The van der Waals surface area contributed by atoms with Crippen LogP contribution in [0.1, 0.15) is 5.56 Å². The highest BCUT2D eigenvalue weighted by molar-refractivity contribution is 6.31. The van der Waals surface area contributed by atoms with Crippen LogP contribution in [0.4, 0.5) is 5.69 Å². The average Bonchev–Trinajstić information content (AvgIpc) is 2.59. The highest BCUT2D eigenvalue weighted by Crippen LogP contribution is 2.27. The van der Waals surface area contributed by atoms with Gasteiger partial charge in [-0.1, -0.05) is 36.4 Å². The molecular formula is C19H18ClNO3. The molecule has 0 spiro atoms. The fourth-order valence-corrected chi connectivity index (χ4v) is 2.13. The third-order valence-corrected chi connectivity index (χ3v) is 3.33. The number of amides is 1. The number of ether oxygens (including phenoxy) is 2. The summed E-state index contributed by atoms with van der Waals surface area (Å²) in [5, 5.41) is 3.26. The summed E-state index contributed by atoms with van der Waals surface area (Å²) >= 11 is 5.94. The molecule has 0 aromatic heterocycles. The molecule has 1 amide bonds. The first-order chi connectivity index (χ1) is 11.6. The van der Waals surface area contributed by atoms with Gasteiger partial charge in [-0.25, -0.2) is 0 Å². The molecule has 0 bridgehead atoms. The number of carbonyl (C=O) groups excluding carboxylic acids is 1. The molecule has 0 aliphatic heterocycles. The van der Waals surface area contributed by atoms with E-state index in [1.165, 1.54) is 13.2 Å². The van der Waals surface area contributed by atoms with Crippen LogP contribution in [-0.4, -0.2) is 19.6 Å². The van der Waals surface area contributed by atoms with Crippen LogP contribution in [0.3, 0.4) is 0 Å². The first-order valence-electron chi connectivity index (χ1n) is 7.28. The van der Waals surface area contributed by atoms with E-state index in [2.05, 4.69) is 11.9 Å². The highest BCUT2D eigenvalue weighted by Gasteiger charge is 2.06. The molecule has 124 valence electrons. The predicted octanol–water partition coefficient (Wildman–Crippen LogP) is 4.57. The van der Waals surface area contributed by atoms with Crippen LogP contribution < -0.4 is 14.8 Å². The molecule has 0 heterocycles. The van der Waals surface area contributed by atoms with Gasteiger partial charge in [0, 0.05) is 11.1 Å². The Balaban J connectivity index is 2.00. The Labute approximate surface area is 146 Å². The molecule has 2 rings (SSSR count). The lowest BCUT2D eigenvalue weighted by atomic mass is 10.2. The maximum Gasteiger partial charge on any atom is 0.248 e. The van der Waals surface area contributed by atoms with E-state index in [0.29, 0.717) is 23.1 Å². The van der Waals surface area contributed by atoms with Crippen LogP contribution in [0.5, 0.6) is 11.5 Å². The van der Waals surface area contributed by atoms with E-state index in [1.54, 1.807) is 30.4 Å². The summed E-state index contributed by atoms with van der Waals surface area (Å²) in [6, 6.07) is 12.4. The van der Waals surface area contributed by atoms with Crippen molar-refractivity contribution in [3.63, 3.8) is 0 Å². The van der Waals surface area contributed by atoms with E-state index in [0.717, 1.165) is 11.3 Å². The number of benzene rings is 2. The lowest BCUT2D eigenvalue weighted by molar-refractivity contribution is -0.111. The normalized spacial score (nSPS) is 10.4. The van der Waals surface area contributed by atoms with Gasteiger partial charge >= 0.3 is 0 Å². The van der Waals surface area contributed by atoms with Crippen LogP contribution in [0.15, 0.2) is 61.2 Å². The first-order valence-corrected chi connectivity index (χ1v) is 7.66. The Morgan fingerprint density at radius 2 is 2.00 bits per heavy atom. The van der Waals surface area contributed by atoms with Gasteiger partial charge in [0.1, 0.15) is 18.1 Å². The summed E-state index contributed by atoms with van der Waals surface area (Å²) in [6.07, 6.45) is 4.84. The number of hydrogen-bond donors (Lipinski definition) is 1. The second-order valence-corrected chi connectivity index (χ2v) is 5.27. The molecule has 4 nitrogen and oxygen atoms in total. The van der Waals surface area contributed by atoms with E-state index in [9.17, 15) is 4.79 Å². The molecule has 5 heteroatoms. The van der Waals surface area contributed by atoms with Crippen LogP contribution in [0.25, 0.3) is 6.08 Å². The quantitative estimate of drug-likeness (QED) is 0.592. The monoisotopic (exact) mass is 343 g/mol. The molecule has 2 aromatic rings. The standard InChI is InChI=1S/C19H18ClNO3/c1-3-12-24-16-8-4-14(5-9-16)6-11-19(22)21-17-13-15(20)7-10-18(17)23-2/h3-11,13H,1,12H2,2H3,(H,21,22)/b11-6+. The number of halogens is 1. The minimum atomic E-state index is -0.275. The van der Waals surface area contributed by atoms with Gasteiger partial charge in [0.15, 0.2) is 0 Å². The number of carbonyl (C=O) groups is 1. The van der Waals surface area contributed by atoms with Crippen molar-refractivity contribution in [2.75, 3.05) is 19.0 Å². The van der Waals surface area contributed by atoms with Crippen molar-refractivity contribution in [1.82, 2.24) is 0 Å². The van der Waals surface area contributed by atoms with Crippen molar-refractivity contribution < 1.29 is 14.3 Å². The van der Waals surface area contributed by atoms with E-state index >= 15 is 0 Å². The van der Waals surface area contributed by atoms with E-state index < -0.39 is 0 Å². The number of nitrogens with one attached hydrogen (secondary N) is 1. The number of anilines is 1. The van der Waals surface area contributed by atoms with Gasteiger partial charge in [-0.05, 0) is 42.0 Å². The Kier molecular flexibility index (Phi) is 6.46. The van der Waals surface area contributed by atoms with Gasteiger partial charge in [0.2, 0.25) is 5.91 Å². The van der Waals surface area contributed by atoms with Crippen molar-refractivity contribution in [2.45, 2.75) is 0 Å². The Bertz CT molecular complexity index is 739. The summed E-state index contributed by atoms with van der Waals surface area (Å²) in [6.45, 7) is 4.05. The fourth-order valence-electron chi connectivity index (χ4n) is 1.95. The number of rotatable bonds is 7.